The zero-order chi connectivity index (χ0) is 12.1. The number of hydrogen-bond donors (Lipinski definition) is 2. The molecule has 0 saturated heterocycles. The van der Waals surface area contributed by atoms with Crippen LogP contribution in [0.15, 0.2) is 30.6 Å². The molecule has 1 heterocycles. The highest BCUT2D eigenvalue weighted by molar-refractivity contribution is 5.58. The molecule has 0 unspecified atom stereocenters. The van der Waals surface area contributed by atoms with Crippen LogP contribution in [0.5, 0.6) is 0 Å². The van der Waals surface area contributed by atoms with Crippen LogP contribution in [-0.4, -0.2) is 16.5 Å². The second-order valence-electron chi connectivity index (χ2n) is 3.87. The highest BCUT2D eigenvalue weighted by Gasteiger charge is 2.01. The Bertz CT molecular complexity index is 523. The third-order valence-corrected chi connectivity index (χ3v) is 2.53. The van der Waals surface area contributed by atoms with Gasteiger partial charge >= 0.3 is 0 Å². The standard InChI is InChI=1S/C13H14N4/c1-10-2-3-12(11(8-10)9-14)15-5-4-13-16-6-7-17-13/h2-3,6-8,15H,4-5H2,1H3,(H,16,17). The van der Waals surface area contributed by atoms with Gasteiger partial charge in [0.2, 0.25) is 0 Å². The van der Waals surface area contributed by atoms with Crippen molar-refractivity contribution in [2.24, 2.45) is 0 Å². The maximum absolute atomic E-state index is 9.02. The van der Waals surface area contributed by atoms with E-state index >= 15 is 0 Å². The Kier molecular flexibility index (Phi) is 3.41. The summed E-state index contributed by atoms with van der Waals surface area (Å²) in [5, 5.41) is 12.3. The summed E-state index contributed by atoms with van der Waals surface area (Å²) in [5.41, 5.74) is 2.66. The fraction of sp³-hybridized carbons (Fsp3) is 0.231. The summed E-state index contributed by atoms with van der Waals surface area (Å²) in [4.78, 5) is 7.19. The van der Waals surface area contributed by atoms with Crippen LogP contribution in [0.25, 0.3) is 0 Å². The molecular formula is C13H14N4. The van der Waals surface area contributed by atoms with Crippen molar-refractivity contribution in [2.45, 2.75) is 13.3 Å². The van der Waals surface area contributed by atoms with Crippen LogP contribution < -0.4 is 5.32 Å². The van der Waals surface area contributed by atoms with Crippen LogP contribution in [0.3, 0.4) is 0 Å². The van der Waals surface area contributed by atoms with E-state index in [-0.39, 0.29) is 0 Å². The molecule has 0 radical (unpaired) electrons. The van der Waals surface area contributed by atoms with Crippen molar-refractivity contribution >= 4 is 5.69 Å². The molecule has 0 fully saturated rings. The van der Waals surface area contributed by atoms with Gasteiger partial charge in [0.15, 0.2) is 0 Å². The van der Waals surface area contributed by atoms with Crippen molar-refractivity contribution in [3.05, 3.63) is 47.5 Å². The zero-order valence-corrected chi connectivity index (χ0v) is 9.70. The van der Waals surface area contributed by atoms with Gasteiger partial charge in [0.05, 0.1) is 11.3 Å². The summed E-state index contributed by atoms with van der Waals surface area (Å²) in [6.45, 7) is 2.73. The quantitative estimate of drug-likeness (QED) is 0.840. The van der Waals surface area contributed by atoms with Crippen LogP contribution in [-0.2, 0) is 6.42 Å². The summed E-state index contributed by atoms with van der Waals surface area (Å²) < 4.78 is 0. The minimum Gasteiger partial charge on any atom is -0.384 e. The number of imidazole rings is 1. The Balaban J connectivity index is 1.97. The number of nitrogens with one attached hydrogen (secondary N) is 2. The molecule has 1 aromatic heterocycles. The lowest BCUT2D eigenvalue weighted by molar-refractivity contribution is 0.927. The molecule has 0 spiro atoms. The molecule has 0 amide bonds. The maximum Gasteiger partial charge on any atom is 0.107 e. The number of aryl methyl sites for hydroxylation is 1. The van der Waals surface area contributed by atoms with Crippen molar-refractivity contribution in [1.82, 2.24) is 9.97 Å². The van der Waals surface area contributed by atoms with Crippen molar-refractivity contribution in [3.8, 4) is 6.07 Å². The van der Waals surface area contributed by atoms with Crippen LogP contribution >= 0.6 is 0 Å². The summed E-state index contributed by atoms with van der Waals surface area (Å²) in [5.74, 6) is 0.947. The predicted octanol–water partition coefficient (Wildman–Crippen LogP) is 2.24. The summed E-state index contributed by atoms with van der Waals surface area (Å²) in [7, 11) is 0. The SMILES string of the molecule is Cc1ccc(NCCc2ncc[nH]2)c(C#N)c1. The highest BCUT2D eigenvalue weighted by atomic mass is 14.9. The van der Waals surface area contributed by atoms with Gasteiger partial charge in [-0.15, -0.1) is 0 Å². The van der Waals surface area contributed by atoms with Crippen LogP contribution in [0.1, 0.15) is 17.0 Å². The van der Waals surface area contributed by atoms with Gasteiger partial charge in [0.25, 0.3) is 0 Å². The van der Waals surface area contributed by atoms with E-state index in [0.29, 0.717) is 5.56 Å². The molecule has 0 aliphatic heterocycles. The van der Waals surface area contributed by atoms with Crippen LogP contribution in [0.2, 0.25) is 0 Å². The van der Waals surface area contributed by atoms with Crippen molar-refractivity contribution in [2.75, 3.05) is 11.9 Å². The maximum atomic E-state index is 9.02. The Labute approximate surface area is 100 Å². The van der Waals surface area contributed by atoms with E-state index in [9.17, 15) is 0 Å². The van der Waals surface area contributed by atoms with Gasteiger partial charge in [-0.2, -0.15) is 5.26 Å². The molecule has 0 saturated carbocycles. The van der Waals surface area contributed by atoms with Gasteiger partial charge in [-0.1, -0.05) is 6.07 Å². The highest BCUT2D eigenvalue weighted by Crippen LogP contribution is 2.16. The van der Waals surface area contributed by atoms with Gasteiger partial charge < -0.3 is 10.3 Å². The van der Waals surface area contributed by atoms with E-state index in [4.69, 9.17) is 5.26 Å². The number of anilines is 1. The van der Waals surface area contributed by atoms with E-state index in [1.54, 1.807) is 6.20 Å². The lowest BCUT2D eigenvalue weighted by atomic mass is 10.1. The van der Waals surface area contributed by atoms with E-state index in [1.807, 2.05) is 31.3 Å². The first-order chi connectivity index (χ1) is 8.29. The Hall–Kier alpha value is -2.28. The number of rotatable bonds is 4. The molecular weight excluding hydrogens is 212 g/mol. The summed E-state index contributed by atoms with van der Waals surface area (Å²) in [6.07, 6.45) is 4.36. The fourth-order valence-corrected chi connectivity index (χ4v) is 1.66. The largest absolute Gasteiger partial charge is 0.384 e. The molecule has 17 heavy (non-hydrogen) atoms. The van der Waals surface area contributed by atoms with E-state index in [2.05, 4.69) is 21.4 Å². The number of aromatic nitrogens is 2. The molecule has 2 N–H and O–H groups in total. The van der Waals surface area contributed by atoms with E-state index < -0.39 is 0 Å². The number of H-pyrrole nitrogens is 1. The lowest BCUT2D eigenvalue weighted by Crippen LogP contribution is -2.07. The third-order valence-electron chi connectivity index (χ3n) is 2.53. The predicted molar refractivity (Wildman–Crippen MR) is 66.7 cm³/mol. The van der Waals surface area contributed by atoms with Crippen LogP contribution in [0.4, 0.5) is 5.69 Å². The van der Waals surface area contributed by atoms with E-state index in [1.165, 1.54) is 0 Å². The molecule has 2 aromatic rings. The zero-order valence-electron chi connectivity index (χ0n) is 9.70. The molecule has 0 aliphatic carbocycles. The first-order valence-corrected chi connectivity index (χ1v) is 5.52. The van der Waals surface area contributed by atoms with Gasteiger partial charge in [-0.3, -0.25) is 0 Å². The van der Waals surface area contributed by atoms with Gasteiger partial charge in [0, 0.05) is 25.4 Å². The molecule has 2 rings (SSSR count). The van der Waals surface area contributed by atoms with Crippen LogP contribution in [0, 0.1) is 18.3 Å². The van der Waals surface area contributed by atoms with Gasteiger partial charge in [0.1, 0.15) is 11.9 Å². The van der Waals surface area contributed by atoms with Gasteiger partial charge in [-0.05, 0) is 24.6 Å². The first kappa shape index (κ1) is 11.2. The van der Waals surface area contributed by atoms with Crippen molar-refractivity contribution < 1.29 is 0 Å². The summed E-state index contributed by atoms with van der Waals surface area (Å²) >= 11 is 0. The average Bonchev–Trinajstić information content (AvgIpc) is 2.84. The fourth-order valence-electron chi connectivity index (χ4n) is 1.66. The number of nitrogens with zero attached hydrogens (tertiary/aromatic N) is 2. The minimum atomic E-state index is 0.685. The molecule has 86 valence electrons. The second-order valence-corrected chi connectivity index (χ2v) is 3.87. The Morgan fingerprint density at radius 1 is 1.47 bits per heavy atom. The molecule has 4 heteroatoms. The summed E-state index contributed by atoms with van der Waals surface area (Å²) in [6, 6.07) is 8.01. The smallest absolute Gasteiger partial charge is 0.107 e. The van der Waals surface area contributed by atoms with E-state index in [0.717, 1.165) is 30.0 Å². The molecule has 1 aromatic carbocycles. The lowest BCUT2D eigenvalue weighted by Gasteiger charge is -2.07. The number of hydrogen-bond acceptors (Lipinski definition) is 3. The molecule has 0 aliphatic rings. The molecule has 0 bridgehead atoms. The first-order valence-electron chi connectivity index (χ1n) is 5.52. The molecule has 4 nitrogen and oxygen atoms in total. The average molecular weight is 226 g/mol. The number of nitriles is 1. The van der Waals surface area contributed by atoms with Crippen molar-refractivity contribution in [1.29, 1.82) is 5.26 Å². The minimum absolute atomic E-state index is 0.685. The van der Waals surface area contributed by atoms with Crippen molar-refractivity contribution in [3.63, 3.8) is 0 Å². The Morgan fingerprint density at radius 2 is 2.35 bits per heavy atom. The monoisotopic (exact) mass is 226 g/mol. The van der Waals surface area contributed by atoms with Gasteiger partial charge in [-0.25, -0.2) is 4.98 Å². The third kappa shape index (κ3) is 2.85. The number of benzene rings is 1. The molecule has 0 atom stereocenters. The number of aromatic amines is 1. The Morgan fingerprint density at radius 3 is 3.06 bits per heavy atom. The second kappa shape index (κ2) is 5.17. The normalized spacial score (nSPS) is 9.88. The topological polar surface area (TPSA) is 64.5 Å².